The highest BCUT2D eigenvalue weighted by molar-refractivity contribution is 5.92. The molecule has 2 aromatic rings. The molecule has 0 fully saturated rings. The molecule has 0 bridgehead atoms. The second-order valence-electron chi connectivity index (χ2n) is 6.75. The number of nitrogens with one attached hydrogen (secondary N) is 1. The van der Waals surface area contributed by atoms with Gasteiger partial charge in [-0.3, -0.25) is 9.48 Å². The van der Waals surface area contributed by atoms with Gasteiger partial charge in [0.15, 0.2) is 11.5 Å². The van der Waals surface area contributed by atoms with E-state index in [1.54, 1.807) is 19.2 Å². The largest absolute Gasteiger partial charge is 0.493 e. The summed E-state index contributed by atoms with van der Waals surface area (Å²) in [6.07, 6.45) is 0.297. The van der Waals surface area contributed by atoms with E-state index in [4.69, 9.17) is 9.47 Å². The van der Waals surface area contributed by atoms with Gasteiger partial charge in [-0.1, -0.05) is 13.8 Å². The number of amides is 1. The predicted octanol–water partition coefficient (Wildman–Crippen LogP) is 3.74. The van der Waals surface area contributed by atoms with Crippen LogP contribution in [0.2, 0.25) is 0 Å². The zero-order valence-corrected chi connectivity index (χ0v) is 16.5. The van der Waals surface area contributed by atoms with Crippen molar-refractivity contribution in [2.45, 2.75) is 47.6 Å². The van der Waals surface area contributed by atoms with Crippen LogP contribution in [0, 0.1) is 19.8 Å². The average molecular weight is 359 g/mol. The van der Waals surface area contributed by atoms with Crippen LogP contribution in [-0.4, -0.2) is 29.4 Å². The van der Waals surface area contributed by atoms with E-state index in [2.05, 4.69) is 24.3 Å². The number of ether oxygens (including phenoxy) is 2. The number of aromatic nitrogens is 2. The summed E-state index contributed by atoms with van der Waals surface area (Å²) in [4.78, 5) is 12.5. The van der Waals surface area contributed by atoms with Crippen molar-refractivity contribution in [3.05, 3.63) is 35.2 Å². The molecule has 2 rings (SSSR count). The maximum absolute atomic E-state index is 12.5. The summed E-state index contributed by atoms with van der Waals surface area (Å²) in [5, 5.41) is 7.50. The van der Waals surface area contributed by atoms with Gasteiger partial charge in [0.1, 0.15) is 0 Å². The molecule has 1 aromatic heterocycles. The topological polar surface area (TPSA) is 65.4 Å². The van der Waals surface area contributed by atoms with Crippen molar-refractivity contribution < 1.29 is 14.3 Å². The Balaban J connectivity index is 2.11. The van der Waals surface area contributed by atoms with Crippen molar-refractivity contribution in [1.82, 2.24) is 9.78 Å². The van der Waals surface area contributed by atoms with Crippen LogP contribution in [0.1, 0.15) is 37.7 Å². The number of anilines is 1. The van der Waals surface area contributed by atoms with E-state index in [0.29, 0.717) is 36.1 Å². The van der Waals surface area contributed by atoms with Gasteiger partial charge >= 0.3 is 0 Å². The highest BCUT2D eigenvalue weighted by atomic mass is 16.5. The Hall–Kier alpha value is -2.50. The summed E-state index contributed by atoms with van der Waals surface area (Å²) in [5.41, 5.74) is 3.62. The minimum absolute atomic E-state index is 0.0773. The van der Waals surface area contributed by atoms with Gasteiger partial charge in [0, 0.05) is 29.6 Å². The molecule has 1 N–H and O–H groups in total. The molecule has 0 saturated heterocycles. The van der Waals surface area contributed by atoms with Crippen molar-refractivity contribution in [1.29, 1.82) is 0 Å². The second-order valence-corrected chi connectivity index (χ2v) is 6.75. The molecule has 1 amide bonds. The zero-order valence-electron chi connectivity index (χ0n) is 16.5. The first-order chi connectivity index (χ1) is 12.3. The van der Waals surface area contributed by atoms with Crippen LogP contribution in [0.15, 0.2) is 18.2 Å². The smallest absolute Gasteiger partial charge is 0.228 e. The molecule has 0 unspecified atom stereocenters. The molecule has 0 radical (unpaired) electrons. The maximum Gasteiger partial charge on any atom is 0.228 e. The molecule has 142 valence electrons. The van der Waals surface area contributed by atoms with Crippen LogP contribution < -0.4 is 14.8 Å². The number of nitrogens with zero attached hydrogens (tertiary/aromatic N) is 2. The highest BCUT2D eigenvalue weighted by Gasteiger charge is 2.16. The molecule has 26 heavy (non-hydrogen) atoms. The number of benzene rings is 1. The number of aryl methyl sites for hydroxylation is 1. The zero-order chi connectivity index (χ0) is 19.3. The monoisotopic (exact) mass is 359 g/mol. The average Bonchev–Trinajstić information content (AvgIpc) is 2.83. The molecule has 1 aromatic carbocycles. The molecule has 0 aliphatic carbocycles. The standard InChI is InChI=1S/C20H29N3O3/c1-7-26-18-9-8-16(10-19(18)25-6)21-20(24)11-17-14(4)22-23(15(17)5)12-13(2)3/h8-10,13H,7,11-12H2,1-6H3,(H,21,24). The van der Waals surface area contributed by atoms with Crippen LogP contribution >= 0.6 is 0 Å². The summed E-state index contributed by atoms with van der Waals surface area (Å²) < 4.78 is 12.8. The molecule has 0 spiro atoms. The lowest BCUT2D eigenvalue weighted by molar-refractivity contribution is -0.115. The first-order valence-electron chi connectivity index (χ1n) is 8.99. The van der Waals surface area contributed by atoms with Crippen molar-refractivity contribution >= 4 is 11.6 Å². The molecule has 0 aliphatic heterocycles. The second kappa shape index (κ2) is 8.74. The van der Waals surface area contributed by atoms with Crippen molar-refractivity contribution in [3.63, 3.8) is 0 Å². The molecule has 0 saturated carbocycles. The van der Waals surface area contributed by atoms with Crippen LogP contribution in [0.5, 0.6) is 11.5 Å². The Kier molecular flexibility index (Phi) is 6.66. The first kappa shape index (κ1) is 19.8. The van der Waals surface area contributed by atoms with Gasteiger partial charge in [-0.15, -0.1) is 0 Å². The van der Waals surface area contributed by atoms with Crippen LogP contribution in [0.4, 0.5) is 5.69 Å². The lowest BCUT2D eigenvalue weighted by atomic mass is 10.1. The third-order valence-electron chi connectivity index (χ3n) is 4.15. The van der Waals surface area contributed by atoms with Gasteiger partial charge in [-0.25, -0.2) is 0 Å². The van der Waals surface area contributed by atoms with Crippen molar-refractivity contribution in [3.8, 4) is 11.5 Å². The third-order valence-corrected chi connectivity index (χ3v) is 4.15. The maximum atomic E-state index is 12.5. The Morgan fingerprint density at radius 3 is 2.62 bits per heavy atom. The van der Waals surface area contributed by atoms with Crippen LogP contribution in [0.25, 0.3) is 0 Å². The SMILES string of the molecule is CCOc1ccc(NC(=O)Cc2c(C)nn(CC(C)C)c2C)cc1OC. The summed E-state index contributed by atoms with van der Waals surface area (Å²) in [6, 6.07) is 5.38. The number of carbonyl (C=O) groups excluding carboxylic acids is 1. The van der Waals surface area contributed by atoms with E-state index in [0.717, 1.165) is 23.5 Å². The highest BCUT2D eigenvalue weighted by Crippen LogP contribution is 2.30. The number of methoxy groups -OCH3 is 1. The first-order valence-corrected chi connectivity index (χ1v) is 8.99. The lowest BCUT2D eigenvalue weighted by Gasteiger charge is -2.12. The molecular weight excluding hydrogens is 330 g/mol. The van der Waals surface area contributed by atoms with Gasteiger partial charge in [-0.05, 0) is 38.8 Å². The Morgan fingerprint density at radius 2 is 2.00 bits per heavy atom. The van der Waals surface area contributed by atoms with Gasteiger partial charge in [-0.2, -0.15) is 5.10 Å². The van der Waals surface area contributed by atoms with Gasteiger partial charge in [0.25, 0.3) is 0 Å². The molecule has 6 nitrogen and oxygen atoms in total. The molecule has 1 heterocycles. The lowest BCUT2D eigenvalue weighted by Crippen LogP contribution is -2.15. The minimum atomic E-state index is -0.0773. The minimum Gasteiger partial charge on any atom is -0.493 e. The molecule has 0 atom stereocenters. The fraction of sp³-hybridized carbons (Fsp3) is 0.500. The number of hydrogen-bond acceptors (Lipinski definition) is 4. The van der Waals surface area contributed by atoms with Crippen LogP contribution in [0.3, 0.4) is 0 Å². The number of carbonyl (C=O) groups is 1. The summed E-state index contributed by atoms with van der Waals surface area (Å²) in [6.45, 7) is 11.6. The number of rotatable bonds is 8. The van der Waals surface area contributed by atoms with E-state index in [-0.39, 0.29) is 5.91 Å². The van der Waals surface area contributed by atoms with Crippen LogP contribution in [-0.2, 0) is 17.8 Å². The third kappa shape index (κ3) is 4.77. The molecular formula is C20H29N3O3. The fourth-order valence-electron chi connectivity index (χ4n) is 2.90. The number of hydrogen-bond donors (Lipinski definition) is 1. The molecule has 6 heteroatoms. The Labute approximate surface area is 155 Å². The summed E-state index contributed by atoms with van der Waals surface area (Å²) in [7, 11) is 1.58. The predicted molar refractivity (Wildman–Crippen MR) is 103 cm³/mol. The van der Waals surface area contributed by atoms with E-state index in [1.807, 2.05) is 31.5 Å². The van der Waals surface area contributed by atoms with Gasteiger partial charge in [0.05, 0.1) is 25.8 Å². The van der Waals surface area contributed by atoms with Gasteiger partial charge < -0.3 is 14.8 Å². The van der Waals surface area contributed by atoms with Gasteiger partial charge in [0.2, 0.25) is 5.91 Å². The summed E-state index contributed by atoms with van der Waals surface area (Å²) in [5.74, 6) is 1.69. The van der Waals surface area contributed by atoms with E-state index in [9.17, 15) is 4.79 Å². The fourth-order valence-corrected chi connectivity index (χ4v) is 2.90. The van der Waals surface area contributed by atoms with E-state index >= 15 is 0 Å². The summed E-state index contributed by atoms with van der Waals surface area (Å²) >= 11 is 0. The van der Waals surface area contributed by atoms with Crippen molar-refractivity contribution in [2.75, 3.05) is 19.0 Å². The Bertz CT molecular complexity index is 766. The Morgan fingerprint density at radius 1 is 1.27 bits per heavy atom. The van der Waals surface area contributed by atoms with E-state index < -0.39 is 0 Å². The quantitative estimate of drug-likeness (QED) is 0.780. The van der Waals surface area contributed by atoms with Crippen molar-refractivity contribution in [2.24, 2.45) is 5.92 Å². The normalized spacial score (nSPS) is 10.9. The van der Waals surface area contributed by atoms with E-state index in [1.165, 1.54) is 0 Å². The molecule has 0 aliphatic rings.